The number of rotatable bonds is 7. The van der Waals surface area contributed by atoms with E-state index in [4.69, 9.17) is 0 Å². The number of hydrogen-bond donors (Lipinski definition) is 1. The maximum atomic E-state index is 12.2. The number of carbonyl (C=O) groups excluding carboxylic acids is 2. The fourth-order valence-electron chi connectivity index (χ4n) is 2.19. The Bertz CT molecular complexity index is 483. The van der Waals surface area contributed by atoms with Gasteiger partial charge in [-0.05, 0) is 39.7 Å². The average Bonchev–Trinajstić information content (AvgIpc) is 2.41. The summed E-state index contributed by atoms with van der Waals surface area (Å²) in [6.07, 6.45) is 1.15. The van der Waals surface area contributed by atoms with E-state index in [1.54, 1.807) is 4.90 Å². The van der Waals surface area contributed by atoms with Gasteiger partial charge in [0.25, 0.3) is 0 Å². The summed E-state index contributed by atoms with van der Waals surface area (Å²) in [5.74, 6) is -0.0753. The molecule has 4 heteroatoms. The van der Waals surface area contributed by atoms with Crippen LogP contribution in [-0.2, 0) is 16.0 Å². The van der Waals surface area contributed by atoms with Crippen LogP contribution < -0.4 is 5.32 Å². The van der Waals surface area contributed by atoms with E-state index in [2.05, 4.69) is 11.4 Å². The van der Waals surface area contributed by atoms with Crippen LogP contribution in [0.1, 0.15) is 38.3 Å². The van der Waals surface area contributed by atoms with E-state index in [1.807, 2.05) is 45.9 Å². The predicted octanol–water partition coefficient (Wildman–Crippen LogP) is 2.30. The van der Waals surface area contributed by atoms with Gasteiger partial charge < -0.3 is 10.2 Å². The van der Waals surface area contributed by atoms with Crippen LogP contribution in [0.5, 0.6) is 0 Å². The third kappa shape index (κ3) is 6.43. The summed E-state index contributed by atoms with van der Waals surface area (Å²) in [4.78, 5) is 25.5. The first-order valence-electron chi connectivity index (χ1n) is 7.55. The third-order valence-electron chi connectivity index (χ3n) is 3.23. The summed E-state index contributed by atoms with van der Waals surface area (Å²) < 4.78 is 0. The van der Waals surface area contributed by atoms with Gasteiger partial charge in [0.1, 0.15) is 0 Å². The van der Waals surface area contributed by atoms with Gasteiger partial charge in [0.05, 0.1) is 6.54 Å². The first-order valence-corrected chi connectivity index (χ1v) is 7.55. The van der Waals surface area contributed by atoms with Crippen molar-refractivity contribution in [2.75, 3.05) is 13.1 Å². The van der Waals surface area contributed by atoms with E-state index in [0.29, 0.717) is 19.4 Å². The van der Waals surface area contributed by atoms with Crippen molar-refractivity contribution >= 4 is 11.8 Å². The highest BCUT2D eigenvalue weighted by molar-refractivity contribution is 5.85. The first-order chi connectivity index (χ1) is 9.92. The Morgan fingerprint density at radius 2 is 2.00 bits per heavy atom. The molecule has 4 nitrogen and oxygen atoms in total. The molecule has 0 aliphatic rings. The van der Waals surface area contributed by atoms with E-state index < -0.39 is 0 Å². The second-order valence-electron chi connectivity index (χ2n) is 5.62. The minimum atomic E-state index is -0.101. The van der Waals surface area contributed by atoms with Crippen molar-refractivity contribution in [3.63, 3.8) is 0 Å². The number of aryl methyl sites for hydroxylation is 2. The van der Waals surface area contributed by atoms with Gasteiger partial charge >= 0.3 is 0 Å². The molecule has 0 atom stereocenters. The SMILES string of the molecule is CCN(CC(=O)NC(C)C)C(=O)CCc1cccc(C)c1. The van der Waals surface area contributed by atoms with Gasteiger partial charge in [0, 0.05) is 19.0 Å². The van der Waals surface area contributed by atoms with E-state index in [0.717, 1.165) is 5.56 Å². The predicted molar refractivity (Wildman–Crippen MR) is 85.0 cm³/mol. The lowest BCUT2D eigenvalue weighted by atomic mass is 10.1. The Morgan fingerprint density at radius 1 is 1.29 bits per heavy atom. The molecule has 0 heterocycles. The molecule has 116 valence electrons. The van der Waals surface area contributed by atoms with Gasteiger partial charge in [-0.1, -0.05) is 29.8 Å². The largest absolute Gasteiger partial charge is 0.352 e. The van der Waals surface area contributed by atoms with Crippen molar-refractivity contribution in [2.24, 2.45) is 0 Å². The normalized spacial score (nSPS) is 10.5. The Labute approximate surface area is 127 Å². The average molecular weight is 290 g/mol. The highest BCUT2D eigenvalue weighted by atomic mass is 16.2. The lowest BCUT2D eigenvalue weighted by Gasteiger charge is -2.21. The quantitative estimate of drug-likeness (QED) is 0.837. The lowest BCUT2D eigenvalue weighted by Crippen LogP contribution is -2.42. The molecule has 21 heavy (non-hydrogen) atoms. The molecule has 0 spiro atoms. The molecule has 0 aliphatic carbocycles. The Balaban J connectivity index is 2.49. The highest BCUT2D eigenvalue weighted by Crippen LogP contribution is 2.08. The van der Waals surface area contributed by atoms with Crippen molar-refractivity contribution in [2.45, 2.75) is 46.6 Å². The van der Waals surface area contributed by atoms with Crippen molar-refractivity contribution in [3.05, 3.63) is 35.4 Å². The van der Waals surface area contributed by atoms with Crippen LogP contribution in [0.25, 0.3) is 0 Å². The van der Waals surface area contributed by atoms with Gasteiger partial charge in [0.15, 0.2) is 0 Å². The molecule has 0 fully saturated rings. The molecule has 1 N–H and O–H groups in total. The Kier molecular flexibility index (Phi) is 6.92. The Hall–Kier alpha value is -1.84. The summed E-state index contributed by atoms with van der Waals surface area (Å²) in [7, 11) is 0. The molecule has 0 aliphatic heterocycles. The number of hydrogen-bond acceptors (Lipinski definition) is 2. The van der Waals surface area contributed by atoms with Crippen LogP contribution in [0.15, 0.2) is 24.3 Å². The summed E-state index contributed by atoms with van der Waals surface area (Å²) in [6.45, 7) is 8.45. The molecule has 0 radical (unpaired) electrons. The van der Waals surface area contributed by atoms with Crippen LogP contribution in [0.3, 0.4) is 0 Å². The second kappa shape index (κ2) is 8.45. The number of benzene rings is 1. The van der Waals surface area contributed by atoms with Crippen LogP contribution in [-0.4, -0.2) is 35.8 Å². The zero-order valence-electron chi connectivity index (χ0n) is 13.5. The maximum Gasteiger partial charge on any atom is 0.239 e. The molecule has 1 aromatic carbocycles. The third-order valence-corrected chi connectivity index (χ3v) is 3.23. The van der Waals surface area contributed by atoms with Crippen LogP contribution in [0, 0.1) is 6.92 Å². The van der Waals surface area contributed by atoms with Gasteiger partial charge in [-0.15, -0.1) is 0 Å². The topological polar surface area (TPSA) is 49.4 Å². The van der Waals surface area contributed by atoms with E-state index >= 15 is 0 Å². The molecule has 0 unspecified atom stereocenters. The molecule has 1 aromatic rings. The van der Waals surface area contributed by atoms with Gasteiger partial charge in [-0.3, -0.25) is 9.59 Å². The van der Waals surface area contributed by atoms with Crippen molar-refractivity contribution < 1.29 is 9.59 Å². The van der Waals surface area contributed by atoms with Crippen molar-refractivity contribution in [3.8, 4) is 0 Å². The Morgan fingerprint density at radius 3 is 2.57 bits per heavy atom. The molecule has 0 bridgehead atoms. The molecule has 1 rings (SSSR count). The number of nitrogens with zero attached hydrogens (tertiary/aromatic N) is 1. The summed E-state index contributed by atoms with van der Waals surface area (Å²) in [5.41, 5.74) is 2.36. The van der Waals surface area contributed by atoms with Gasteiger partial charge in [-0.25, -0.2) is 0 Å². The molecule has 0 saturated heterocycles. The smallest absolute Gasteiger partial charge is 0.239 e. The van der Waals surface area contributed by atoms with Crippen LogP contribution >= 0.6 is 0 Å². The number of amides is 2. The molecular weight excluding hydrogens is 264 g/mol. The highest BCUT2D eigenvalue weighted by Gasteiger charge is 2.15. The molecular formula is C17H26N2O2. The van der Waals surface area contributed by atoms with Crippen molar-refractivity contribution in [1.29, 1.82) is 0 Å². The molecule has 2 amide bonds. The number of nitrogens with one attached hydrogen (secondary N) is 1. The first kappa shape index (κ1) is 17.2. The van der Waals surface area contributed by atoms with Gasteiger partial charge in [0.2, 0.25) is 11.8 Å². The summed E-state index contributed by atoms with van der Waals surface area (Å²) in [6, 6.07) is 8.26. The summed E-state index contributed by atoms with van der Waals surface area (Å²) in [5, 5.41) is 2.81. The fourth-order valence-corrected chi connectivity index (χ4v) is 2.19. The zero-order chi connectivity index (χ0) is 15.8. The monoisotopic (exact) mass is 290 g/mol. The second-order valence-corrected chi connectivity index (χ2v) is 5.62. The fraction of sp³-hybridized carbons (Fsp3) is 0.529. The van der Waals surface area contributed by atoms with Gasteiger partial charge in [-0.2, -0.15) is 0 Å². The van der Waals surface area contributed by atoms with Crippen LogP contribution in [0.4, 0.5) is 0 Å². The maximum absolute atomic E-state index is 12.2. The van der Waals surface area contributed by atoms with Crippen LogP contribution in [0.2, 0.25) is 0 Å². The lowest BCUT2D eigenvalue weighted by molar-refractivity contribution is -0.136. The number of likely N-dealkylation sites (N-methyl/N-ethyl adjacent to an activating group) is 1. The number of carbonyl (C=O) groups is 2. The van der Waals surface area contributed by atoms with E-state index in [1.165, 1.54) is 5.56 Å². The standard InChI is InChI=1S/C17H26N2O2/c1-5-19(12-16(20)18-13(2)3)17(21)10-9-15-8-6-7-14(4)11-15/h6-8,11,13H,5,9-10,12H2,1-4H3,(H,18,20). The minimum absolute atomic E-state index is 0.0258. The van der Waals surface area contributed by atoms with E-state index in [-0.39, 0.29) is 24.4 Å². The zero-order valence-corrected chi connectivity index (χ0v) is 13.5. The van der Waals surface area contributed by atoms with E-state index in [9.17, 15) is 9.59 Å². The summed E-state index contributed by atoms with van der Waals surface area (Å²) >= 11 is 0. The van der Waals surface area contributed by atoms with Crippen molar-refractivity contribution in [1.82, 2.24) is 10.2 Å². The minimum Gasteiger partial charge on any atom is -0.352 e. The molecule has 0 aromatic heterocycles. The molecule has 0 saturated carbocycles.